The average Bonchev–Trinajstić information content (AvgIpc) is 2.52. The molecule has 0 atom stereocenters. The molecule has 0 unspecified atom stereocenters. The van der Waals surface area contributed by atoms with Gasteiger partial charge >= 0.3 is 11.9 Å². The summed E-state index contributed by atoms with van der Waals surface area (Å²) in [5.41, 5.74) is 1.16. The zero-order chi connectivity index (χ0) is 15.9. The van der Waals surface area contributed by atoms with Gasteiger partial charge in [-0.3, -0.25) is 0 Å². The average molecular weight is 300 g/mol. The topological polar surface area (TPSA) is 99.5 Å². The van der Waals surface area contributed by atoms with Gasteiger partial charge < -0.3 is 15.5 Å². The van der Waals surface area contributed by atoms with Crippen molar-refractivity contribution in [1.82, 2.24) is 4.98 Å². The van der Waals surface area contributed by atoms with Gasteiger partial charge in [-0.25, -0.2) is 14.6 Å². The Morgan fingerprint density at radius 2 is 1.82 bits per heavy atom. The highest BCUT2D eigenvalue weighted by Crippen LogP contribution is 2.16. The lowest BCUT2D eigenvalue weighted by Gasteiger charge is -2.09. The Balaban J connectivity index is 1.97. The van der Waals surface area contributed by atoms with Crippen LogP contribution in [0, 0.1) is 0 Å². The first-order valence-corrected chi connectivity index (χ1v) is 6.82. The number of pyridine rings is 1. The van der Waals surface area contributed by atoms with E-state index in [1.54, 1.807) is 0 Å². The lowest BCUT2D eigenvalue weighted by atomic mass is 10.1. The Morgan fingerprint density at radius 1 is 1.09 bits per heavy atom. The molecule has 0 saturated heterocycles. The molecular formula is C16H16N2O4. The first-order valence-electron chi connectivity index (χ1n) is 6.82. The van der Waals surface area contributed by atoms with Gasteiger partial charge in [0.2, 0.25) is 0 Å². The second kappa shape index (κ2) is 7.21. The molecule has 0 aliphatic carbocycles. The molecular weight excluding hydrogens is 284 g/mol. The number of nitrogens with zero attached hydrogens (tertiary/aromatic N) is 1. The highest BCUT2D eigenvalue weighted by atomic mass is 16.4. The zero-order valence-electron chi connectivity index (χ0n) is 11.8. The number of nitrogens with one attached hydrogen (secondary N) is 1. The Morgan fingerprint density at radius 3 is 2.45 bits per heavy atom. The molecule has 0 radical (unpaired) electrons. The fourth-order valence-electron chi connectivity index (χ4n) is 2.05. The summed E-state index contributed by atoms with van der Waals surface area (Å²) >= 11 is 0. The molecule has 0 spiro atoms. The van der Waals surface area contributed by atoms with E-state index in [1.165, 1.54) is 11.8 Å². The Hall–Kier alpha value is -2.89. The van der Waals surface area contributed by atoms with Crippen LogP contribution in [-0.2, 0) is 6.42 Å². The molecule has 0 aliphatic heterocycles. The van der Waals surface area contributed by atoms with Crippen LogP contribution in [0.4, 0.5) is 5.69 Å². The van der Waals surface area contributed by atoms with Gasteiger partial charge in [0.05, 0.1) is 17.4 Å². The molecule has 2 rings (SSSR count). The lowest BCUT2D eigenvalue weighted by Crippen LogP contribution is -2.11. The Labute approximate surface area is 127 Å². The largest absolute Gasteiger partial charge is 0.478 e. The van der Waals surface area contributed by atoms with Crippen LogP contribution in [0.25, 0.3) is 0 Å². The molecule has 6 nitrogen and oxygen atoms in total. The highest BCUT2D eigenvalue weighted by molar-refractivity contribution is 5.97. The van der Waals surface area contributed by atoms with Crippen molar-refractivity contribution in [2.75, 3.05) is 11.9 Å². The van der Waals surface area contributed by atoms with Crippen LogP contribution in [0.1, 0.15) is 32.8 Å². The van der Waals surface area contributed by atoms with Gasteiger partial charge in [-0.2, -0.15) is 0 Å². The Bertz CT molecular complexity index is 671. The van der Waals surface area contributed by atoms with Crippen LogP contribution < -0.4 is 5.32 Å². The third-order valence-electron chi connectivity index (χ3n) is 3.15. The second-order valence-electron chi connectivity index (χ2n) is 4.74. The van der Waals surface area contributed by atoms with Crippen LogP contribution >= 0.6 is 0 Å². The zero-order valence-corrected chi connectivity index (χ0v) is 11.8. The van der Waals surface area contributed by atoms with Crippen molar-refractivity contribution in [3.05, 3.63) is 59.4 Å². The highest BCUT2D eigenvalue weighted by Gasteiger charge is 2.14. The van der Waals surface area contributed by atoms with Crippen molar-refractivity contribution >= 4 is 17.6 Å². The van der Waals surface area contributed by atoms with E-state index < -0.39 is 11.9 Å². The summed E-state index contributed by atoms with van der Waals surface area (Å²) in [6.45, 7) is 0.573. The minimum Gasteiger partial charge on any atom is -0.478 e. The van der Waals surface area contributed by atoms with Crippen LogP contribution in [-0.4, -0.2) is 33.7 Å². The molecule has 3 N–H and O–H groups in total. The molecule has 1 heterocycles. The van der Waals surface area contributed by atoms with E-state index in [9.17, 15) is 9.59 Å². The first kappa shape index (κ1) is 15.5. The summed E-state index contributed by atoms with van der Waals surface area (Å²) in [5, 5.41) is 21.0. The summed E-state index contributed by atoms with van der Waals surface area (Å²) in [5.74, 6) is -2.44. The van der Waals surface area contributed by atoms with Crippen molar-refractivity contribution in [2.24, 2.45) is 0 Å². The quantitative estimate of drug-likeness (QED) is 0.679. The summed E-state index contributed by atoms with van der Waals surface area (Å²) in [7, 11) is 0. The summed E-state index contributed by atoms with van der Waals surface area (Å²) in [6, 6.07) is 11.0. The van der Waals surface area contributed by atoms with E-state index in [0.717, 1.165) is 18.9 Å². The van der Waals surface area contributed by atoms with E-state index in [2.05, 4.69) is 10.3 Å². The van der Waals surface area contributed by atoms with E-state index in [-0.39, 0.29) is 11.3 Å². The molecule has 2 aromatic rings. The number of hydrogen-bond donors (Lipinski definition) is 3. The molecule has 114 valence electrons. The number of carboxylic acids is 2. The number of anilines is 1. The molecule has 0 fully saturated rings. The van der Waals surface area contributed by atoms with Gasteiger partial charge in [0, 0.05) is 6.54 Å². The van der Waals surface area contributed by atoms with Crippen molar-refractivity contribution in [3.63, 3.8) is 0 Å². The Kier molecular flexibility index (Phi) is 5.08. The molecule has 0 bridgehead atoms. The fourth-order valence-corrected chi connectivity index (χ4v) is 2.05. The third kappa shape index (κ3) is 4.05. The fraction of sp³-hybridized carbons (Fsp3) is 0.188. The summed E-state index contributed by atoms with van der Waals surface area (Å²) < 4.78 is 0. The molecule has 22 heavy (non-hydrogen) atoms. The minimum atomic E-state index is -1.25. The number of rotatable bonds is 7. The van der Waals surface area contributed by atoms with Crippen molar-refractivity contribution in [1.29, 1.82) is 0 Å². The summed E-state index contributed by atoms with van der Waals surface area (Å²) in [6.07, 6.45) is 2.94. The van der Waals surface area contributed by atoms with E-state index >= 15 is 0 Å². The third-order valence-corrected chi connectivity index (χ3v) is 3.15. The van der Waals surface area contributed by atoms with Gasteiger partial charge in [0.25, 0.3) is 0 Å². The molecule has 0 saturated carbocycles. The predicted octanol–water partition coefficient (Wildman–Crippen LogP) is 2.52. The van der Waals surface area contributed by atoms with Crippen LogP contribution in [0.5, 0.6) is 0 Å². The first-order chi connectivity index (χ1) is 10.6. The van der Waals surface area contributed by atoms with Gasteiger partial charge in [0.1, 0.15) is 5.69 Å². The monoisotopic (exact) mass is 300 g/mol. The SMILES string of the molecule is O=C(O)c1cc(C(=O)O)c(NCCCc2ccccc2)cn1. The van der Waals surface area contributed by atoms with Crippen LogP contribution in [0.15, 0.2) is 42.6 Å². The number of aromatic carboxylic acids is 2. The van der Waals surface area contributed by atoms with Crippen LogP contribution in [0.3, 0.4) is 0 Å². The minimum absolute atomic E-state index is 0.0906. The molecule has 1 aromatic heterocycles. The smallest absolute Gasteiger partial charge is 0.354 e. The van der Waals surface area contributed by atoms with E-state index in [0.29, 0.717) is 12.2 Å². The van der Waals surface area contributed by atoms with Crippen molar-refractivity contribution in [3.8, 4) is 0 Å². The van der Waals surface area contributed by atoms with Crippen molar-refractivity contribution in [2.45, 2.75) is 12.8 Å². The van der Waals surface area contributed by atoms with E-state index in [4.69, 9.17) is 10.2 Å². The maximum absolute atomic E-state index is 11.2. The van der Waals surface area contributed by atoms with Gasteiger partial charge in [0.15, 0.2) is 0 Å². The van der Waals surface area contributed by atoms with Crippen LogP contribution in [0.2, 0.25) is 0 Å². The van der Waals surface area contributed by atoms with E-state index in [1.807, 2.05) is 30.3 Å². The molecule has 0 amide bonds. The molecule has 6 heteroatoms. The standard InChI is InChI=1S/C16H16N2O4/c19-15(20)12-9-13(16(21)22)18-10-14(12)17-8-4-7-11-5-2-1-3-6-11/h1-3,5-6,9-10,17H,4,7-8H2,(H,19,20)(H,21,22). The second-order valence-corrected chi connectivity index (χ2v) is 4.74. The maximum atomic E-state index is 11.2. The van der Waals surface area contributed by atoms with Gasteiger partial charge in [-0.1, -0.05) is 30.3 Å². The summed E-state index contributed by atoms with van der Waals surface area (Å²) in [4.78, 5) is 25.8. The number of aromatic nitrogens is 1. The maximum Gasteiger partial charge on any atom is 0.354 e. The normalized spacial score (nSPS) is 10.2. The van der Waals surface area contributed by atoms with Gasteiger partial charge in [-0.15, -0.1) is 0 Å². The molecule has 1 aromatic carbocycles. The number of benzene rings is 1. The molecule has 0 aliphatic rings. The number of hydrogen-bond acceptors (Lipinski definition) is 4. The number of aryl methyl sites for hydroxylation is 1. The predicted molar refractivity (Wildman–Crippen MR) is 81.4 cm³/mol. The van der Waals surface area contributed by atoms with Gasteiger partial charge in [-0.05, 0) is 24.5 Å². The number of carbonyl (C=O) groups is 2. The lowest BCUT2D eigenvalue weighted by molar-refractivity contribution is 0.0690. The van der Waals surface area contributed by atoms with Crippen molar-refractivity contribution < 1.29 is 19.8 Å². The number of carboxylic acid groups (broad SMARTS) is 2.